The van der Waals surface area contributed by atoms with E-state index in [9.17, 15) is 27.6 Å². The molecule has 0 radical (unpaired) electrons. The van der Waals surface area contributed by atoms with E-state index in [1.54, 1.807) is 12.1 Å². The lowest BCUT2D eigenvalue weighted by Crippen LogP contribution is -2.41. The number of anilines is 1. The average molecular weight is 438 g/mol. The smallest absolute Gasteiger partial charge is 0.323 e. The van der Waals surface area contributed by atoms with Gasteiger partial charge in [0.1, 0.15) is 6.54 Å². The van der Waals surface area contributed by atoms with Crippen LogP contribution in [0.2, 0.25) is 5.02 Å². The van der Waals surface area contributed by atoms with E-state index in [0.29, 0.717) is 6.07 Å². The standard InChI is InChI=1S/C20H15ClF3N3O3/c1-2-9-26-18(29)13-5-3-4-6-16(13)27(19(26)30)11-17(28)25-15-10-12(20(22,23)24)7-8-14(15)21/h2-8,10H,1,9,11H2,(H,25,28). The number of carbonyl (C=O) groups excluding carboxylic acids is 1. The van der Waals surface area contributed by atoms with Gasteiger partial charge in [-0.2, -0.15) is 13.2 Å². The third-order valence-corrected chi connectivity index (χ3v) is 4.64. The zero-order valence-corrected chi connectivity index (χ0v) is 16.1. The second kappa shape index (κ2) is 8.19. The van der Waals surface area contributed by atoms with Gasteiger partial charge in [0.05, 0.1) is 27.2 Å². The van der Waals surface area contributed by atoms with Crippen molar-refractivity contribution < 1.29 is 18.0 Å². The molecule has 6 nitrogen and oxygen atoms in total. The van der Waals surface area contributed by atoms with Crippen LogP contribution in [0.1, 0.15) is 5.56 Å². The van der Waals surface area contributed by atoms with Crippen molar-refractivity contribution in [1.29, 1.82) is 0 Å². The molecule has 156 valence electrons. The molecule has 0 aliphatic carbocycles. The lowest BCUT2D eigenvalue weighted by Gasteiger charge is -2.14. The molecule has 1 N–H and O–H groups in total. The molecule has 0 fully saturated rings. The number of allylic oxidation sites excluding steroid dienone is 1. The number of alkyl halides is 3. The first kappa shape index (κ1) is 21.4. The van der Waals surface area contributed by atoms with Crippen molar-refractivity contribution >= 4 is 34.1 Å². The lowest BCUT2D eigenvalue weighted by molar-refractivity contribution is -0.137. The summed E-state index contributed by atoms with van der Waals surface area (Å²) in [5.74, 6) is -0.785. The Morgan fingerprint density at radius 2 is 1.83 bits per heavy atom. The summed E-state index contributed by atoms with van der Waals surface area (Å²) in [5, 5.41) is 2.41. The third-order valence-electron chi connectivity index (χ3n) is 4.31. The quantitative estimate of drug-likeness (QED) is 0.619. The topological polar surface area (TPSA) is 73.1 Å². The van der Waals surface area contributed by atoms with Gasteiger partial charge in [0.15, 0.2) is 0 Å². The summed E-state index contributed by atoms with van der Waals surface area (Å²) in [5.41, 5.74) is -2.28. The van der Waals surface area contributed by atoms with Gasteiger partial charge < -0.3 is 5.32 Å². The first-order valence-electron chi connectivity index (χ1n) is 8.63. The second-order valence-electron chi connectivity index (χ2n) is 6.33. The van der Waals surface area contributed by atoms with Gasteiger partial charge in [0.25, 0.3) is 5.56 Å². The van der Waals surface area contributed by atoms with Crippen LogP contribution in [0.5, 0.6) is 0 Å². The van der Waals surface area contributed by atoms with Crippen LogP contribution in [0.4, 0.5) is 18.9 Å². The number of benzene rings is 2. The van der Waals surface area contributed by atoms with Crippen molar-refractivity contribution in [3.8, 4) is 0 Å². The minimum atomic E-state index is -4.61. The van der Waals surface area contributed by atoms with E-state index < -0.39 is 35.4 Å². The Hall–Kier alpha value is -3.33. The molecule has 0 aliphatic heterocycles. The van der Waals surface area contributed by atoms with Gasteiger partial charge in [-0.05, 0) is 30.3 Å². The first-order valence-corrected chi connectivity index (χ1v) is 9.01. The van der Waals surface area contributed by atoms with Crippen LogP contribution in [-0.2, 0) is 24.1 Å². The lowest BCUT2D eigenvalue weighted by atomic mass is 10.2. The Balaban J connectivity index is 2.01. The first-order chi connectivity index (χ1) is 14.1. The summed E-state index contributed by atoms with van der Waals surface area (Å²) in [6.07, 6.45) is -3.25. The summed E-state index contributed by atoms with van der Waals surface area (Å²) in [6.45, 7) is 2.90. The van der Waals surface area contributed by atoms with Crippen molar-refractivity contribution in [1.82, 2.24) is 9.13 Å². The number of para-hydroxylation sites is 1. The Kier molecular flexibility index (Phi) is 5.84. The minimum Gasteiger partial charge on any atom is -0.323 e. The molecular weight excluding hydrogens is 423 g/mol. The number of halogens is 4. The number of hydrogen-bond acceptors (Lipinski definition) is 3. The van der Waals surface area contributed by atoms with E-state index in [-0.39, 0.29) is 28.2 Å². The molecule has 0 spiro atoms. The predicted octanol–water partition coefficient (Wildman–Crippen LogP) is 3.66. The summed E-state index contributed by atoms with van der Waals surface area (Å²) in [4.78, 5) is 37.8. The normalized spacial score (nSPS) is 11.5. The van der Waals surface area contributed by atoms with E-state index in [1.807, 2.05) is 0 Å². The van der Waals surface area contributed by atoms with Gasteiger partial charge in [-0.25, -0.2) is 4.79 Å². The fourth-order valence-corrected chi connectivity index (χ4v) is 3.11. The molecule has 0 atom stereocenters. The van der Waals surface area contributed by atoms with Crippen molar-refractivity contribution in [2.45, 2.75) is 19.3 Å². The largest absolute Gasteiger partial charge is 0.416 e. The summed E-state index contributed by atoms with van der Waals surface area (Å²) in [7, 11) is 0. The number of fused-ring (bicyclic) bond motifs is 1. The van der Waals surface area contributed by atoms with Gasteiger partial charge >= 0.3 is 11.9 Å². The molecule has 10 heteroatoms. The molecule has 0 bridgehead atoms. The average Bonchev–Trinajstić information content (AvgIpc) is 2.69. The minimum absolute atomic E-state index is 0.0659. The molecule has 3 aromatic rings. The second-order valence-corrected chi connectivity index (χ2v) is 6.74. The van der Waals surface area contributed by atoms with Crippen molar-refractivity contribution in [3.05, 3.63) is 86.5 Å². The van der Waals surface area contributed by atoms with Gasteiger partial charge in [-0.1, -0.05) is 29.8 Å². The Morgan fingerprint density at radius 3 is 2.50 bits per heavy atom. The molecule has 2 aromatic carbocycles. The monoisotopic (exact) mass is 437 g/mol. The molecule has 1 heterocycles. The summed E-state index contributed by atoms with van der Waals surface area (Å²) < 4.78 is 40.8. The third kappa shape index (κ3) is 4.16. The van der Waals surface area contributed by atoms with E-state index >= 15 is 0 Å². The molecule has 1 amide bonds. The van der Waals surface area contributed by atoms with Crippen molar-refractivity contribution in [2.75, 3.05) is 5.32 Å². The highest BCUT2D eigenvalue weighted by Crippen LogP contribution is 2.33. The molecule has 0 unspecified atom stereocenters. The van der Waals surface area contributed by atoms with Gasteiger partial charge in [0, 0.05) is 6.54 Å². The molecule has 0 aliphatic rings. The van der Waals surface area contributed by atoms with Gasteiger partial charge in [0.2, 0.25) is 5.91 Å². The van der Waals surface area contributed by atoms with Crippen LogP contribution in [0.3, 0.4) is 0 Å². The number of rotatable bonds is 5. The molecule has 0 saturated carbocycles. The van der Waals surface area contributed by atoms with Gasteiger partial charge in [-0.3, -0.25) is 18.7 Å². The fourth-order valence-electron chi connectivity index (χ4n) is 2.94. The highest BCUT2D eigenvalue weighted by atomic mass is 35.5. The van der Waals surface area contributed by atoms with E-state index in [4.69, 9.17) is 11.6 Å². The molecule has 1 aromatic heterocycles. The number of carbonyl (C=O) groups is 1. The van der Waals surface area contributed by atoms with Gasteiger partial charge in [-0.15, -0.1) is 6.58 Å². The van der Waals surface area contributed by atoms with Crippen LogP contribution >= 0.6 is 11.6 Å². The Morgan fingerprint density at radius 1 is 1.13 bits per heavy atom. The van der Waals surface area contributed by atoms with Crippen LogP contribution in [0.15, 0.2) is 64.7 Å². The van der Waals surface area contributed by atoms with Crippen LogP contribution in [0.25, 0.3) is 10.9 Å². The molecular formula is C20H15ClF3N3O3. The number of aromatic nitrogens is 2. The predicted molar refractivity (Wildman–Crippen MR) is 108 cm³/mol. The van der Waals surface area contributed by atoms with Crippen molar-refractivity contribution in [2.24, 2.45) is 0 Å². The Bertz CT molecular complexity index is 1260. The van der Waals surface area contributed by atoms with Crippen LogP contribution < -0.4 is 16.6 Å². The maximum absolute atomic E-state index is 12.9. The van der Waals surface area contributed by atoms with Crippen molar-refractivity contribution in [3.63, 3.8) is 0 Å². The zero-order valence-electron chi connectivity index (χ0n) is 15.4. The number of hydrogen-bond donors (Lipinski definition) is 1. The highest BCUT2D eigenvalue weighted by molar-refractivity contribution is 6.33. The maximum Gasteiger partial charge on any atom is 0.416 e. The number of nitrogens with zero attached hydrogens (tertiary/aromatic N) is 2. The molecule has 30 heavy (non-hydrogen) atoms. The zero-order chi connectivity index (χ0) is 22.1. The fraction of sp³-hybridized carbons (Fsp3) is 0.150. The number of nitrogens with one attached hydrogen (secondary N) is 1. The number of amides is 1. The Labute approximate surface area is 172 Å². The maximum atomic E-state index is 12.9. The molecule has 0 saturated heterocycles. The van der Waals surface area contributed by atoms with E-state index in [0.717, 1.165) is 21.3 Å². The van der Waals surface area contributed by atoms with E-state index in [2.05, 4.69) is 11.9 Å². The van der Waals surface area contributed by atoms with E-state index in [1.165, 1.54) is 18.2 Å². The summed E-state index contributed by atoms with van der Waals surface area (Å²) in [6, 6.07) is 8.73. The molecule has 3 rings (SSSR count). The SMILES string of the molecule is C=CCn1c(=O)c2ccccc2n(CC(=O)Nc2cc(C(F)(F)F)ccc2Cl)c1=O. The summed E-state index contributed by atoms with van der Waals surface area (Å²) >= 11 is 5.90. The van der Waals surface area contributed by atoms with Crippen LogP contribution in [0, 0.1) is 0 Å². The highest BCUT2D eigenvalue weighted by Gasteiger charge is 2.31. The van der Waals surface area contributed by atoms with Crippen LogP contribution in [-0.4, -0.2) is 15.0 Å².